The van der Waals surface area contributed by atoms with Crippen molar-refractivity contribution in [2.75, 3.05) is 45.3 Å². The summed E-state index contributed by atoms with van der Waals surface area (Å²) in [7, 11) is 0. The Kier molecular flexibility index (Phi) is 7.56. The zero-order valence-corrected chi connectivity index (χ0v) is 11.2. The number of hydrogen-bond donors (Lipinski definition) is 0. The molecule has 0 bridgehead atoms. The average molecular weight is 264 g/mol. The van der Waals surface area contributed by atoms with Gasteiger partial charge in [-0.25, -0.2) is 0 Å². The molecule has 0 radical (unpaired) electrons. The van der Waals surface area contributed by atoms with Crippen molar-refractivity contribution < 1.29 is 14.3 Å². The summed E-state index contributed by atoms with van der Waals surface area (Å²) >= 11 is 5.52. The number of nitrogens with zero attached hydrogens (tertiary/aromatic N) is 1. The van der Waals surface area contributed by atoms with Crippen LogP contribution >= 0.6 is 11.6 Å². The van der Waals surface area contributed by atoms with Crippen molar-refractivity contribution in [3.63, 3.8) is 0 Å². The minimum atomic E-state index is -0.0566. The third kappa shape index (κ3) is 5.70. The first kappa shape index (κ1) is 14.7. The molecule has 1 unspecified atom stereocenters. The largest absolute Gasteiger partial charge is 0.466 e. The maximum Gasteiger partial charge on any atom is 0.310 e. The highest BCUT2D eigenvalue weighted by atomic mass is 35.5. The summed E-state index contributed by atoms with van der Waals surface area (Å²) in [5.74, 6) is 0.515. The molecule has 0 aromatic rings. The normalized spacial score (nSPS) is 21.4. The van der Waals surface area contributed by atoms with Crippen LogP contribution in [0.15, 0.2) is 0 Å². The molecule has 1 fully saturated rings. The summed E-state index contributed by atoms with van der Waals surface area (Å²) in [6, 6.07) is 0. The van der Waals surface area contributed by atoms with Crippen LogP contribution in [0.4, 0.5) is 0 Å². The molecular formula is C12H22ClNO3. The number of ether oxygens (including phenoxy) is 2. The van der Waals surface area contributed by atoms with Crippen molar-refractivity contribution >= 4 is 17.6 Å². The van der Waals surface area contributed by atoms with Crippen LogP contribution in [0.25, 0.3) is 0 Å². The summed E-state index contributed by atoms with van der Waals surface area (Å²) in [5, 5.41) is 0. The van der Waals surface area contributed by atoms with E-state index in [0.29, 0.717) is 25.7 Å². The third-order valence-corrected chi connectivity index (χ3v) is 3.05. The Hall–Kier alpha value is -0.320. The van der Waals surface area contributed by atoms with Gasteiger partial charge in [0, 0.05) is 19.0 Å². The number of rotatable bonds is 7. The van der Waals surface area contributed by atoms with Crippen molar-refractivity contribution in [2.45, 2.75) is 19.8 Å². The van der Waals surface area contributed by atoms with Crippen LogP contribution < -0.4 is 0 Å². The Bertz CT molecular complexity index is 226. The van der Waals surface area contributed by atoms with Gasteiger partial charge in [-0.2, -0.15) is 0 Å². The lowest BCUT2D eigenvalue weighted by Crippen LogP contribution is -2.40. The van der Waals surface area contributed by atoms with E-state index in [4.69, 9.17) is 21.1 Å². The molecule has 0 aromatic heterocycles. The molecule has 0 spiro atoms. The lowest BCUT2D eigenvalue weighted by molar-refractivity contribution is -0.150. The summed E-state index contributed by atoms with van der Waals surface area (Å²) in [4.78, 5) is 13.9. The molecule has 100 valence electrons. The van der Waals surface area contributed by atoms with Crippen LogP contribution in [0.2, 0.25) is 0 Å². The molecular weight excluding hydrogens is 242 g/mol. The van der Waals surface area contributed by atoms with Gasteiger partial charge in [-0.05, 0) is 26.3 Å². The molecule has 1 aliphatic heterocycles. The molecule has 1 rings (SSSR count). The van der Waals surface area contributed by atoms with E-state index in [-0.39, 0.29) is 11.9 Å². The van der Waals surface area contributed by atoms with E-state index in [2.05, 4.69) is 4.90 Å². The summed E-state index contributed by atoms with van der Waals surface area (Å²) in [5.41, 5.74) is 0. The Labute approximate surface area is 108 Å². The molecule has 0 saturated carbocycles. The third-order valence-electron chi connectivity index (χ3n) is 2.90. The molecule has 0 N–H and O–H groups in total. The van der Waals surface area contributed by atoms with Gasteiger partial charge in [0.15, 0.2) is 0 Å². The number of halogens is 1. The van der Waals surface area contributed by atoms with Gasteiger partial charge < -0.3 is 14.4 Å². The quantitative estimate of drug-likeness (QED) is 0.397. The number of likely N-dealkylation sites (tertiary alicyclic amines) is 1. The maximum atomic E-state index is 11.6. The average Bonchev–Trinajstić information content (AvgIpc) is 2.35. The highest BCUT2D eigenvalue weighted by Crippen LogP contribution is 2.17. The SMILES string of the molecule is CCOC(=O)C1CCCN(CCOCCCl)C1. The van der Waals surface area contributed by atoms with Gasteiger partial charge in [-0.1, -0.05) is 0 Å². The molecule has 5 heteroatoms. The first-order valence-corrected chi connectivity index (χ1v) is 6.84. The molecule has 0 amide bonds. The number of esters is 1. The van der Waals surface area contributed by atoms with Gasteiger partial charge in [0.2, 0.25) is 0 Å². The number of hydrogen-bond acceptors (Lipinski definition) is 4. The van der Waals surface area contributed by atoms with E-state index in [1.54, 1.807) is 0 Å². The molecule has 1 saturated heterocycles. The second-order valence-electron chi connectivity index (χ2n) is 4.19. The molecule has 1 heterocycles. The molecule has 0 aliphatic carbocycles. The molecule has 17 heavy (non-hydrogen) atoms. The van der Waals surface area contributed by atoms with Gasteiger partial charge in [-0.15, -0.1) is 11.6 Å². The second-order valence-corrected chi connectivity index (χ2v) is 4.57. The summed E-state index contributed by atoms with van der Waals surface area (Å²) in [6.07, 6.45) is 2.00. The fourth-order valence-corrected chi connectivity index (χ4v) is 2.17. The van der Waals surface area contributed by atoms with E-state index in [1.165, 1.54) is 0 Å². The first-order valence-electron chi connectivity index (χ1n) is 6.30. The lowest BCUT2D eigenvalue weighted by Gasteiger charge is -2.31. The van der Waals surface area contributed by atoms with Gasteiger partial charge in [-0.3, -0.25) is 4.79 Å². The van der Waals surface area contributed by atoms with Crippen LogP contribution in [0.1, 0.15) is 19.8 Å². The van der Waals surface area contributed by atoms with Crippen molar-refractivity contribution in [1.82, 2.24) is 4.90 Å². The van der Waals surface area contributed by atoms with E-state index in [9.17, 15) is 4.79 Å². The predicted octanol–water partition coefficient (Wildman–Crippen LogP) is 1.52. The molecule has 1 atom stereocenters. The van der Waals surface area contributed by atoms with Gasteiger partial charge >= 0.3 is 5.97 Å². The zero-order chi connectivity index (χ0) is 12.5. The maximum absolute atomic E-state index is 11.6. The molecule has 4 nitrogen and oxygen atoms in total. The predicted molar refractivity (Wildman–Crippen MR) is 67.3 cm³/mol. The number of alkyl halides is 1. The second kappa shape index (κ2) is 8.72. The monoisotopic (exact) mass is 263 g/mol. The molecule has 1 aliphatic rings. The zero-order valence-electron chi connectivity index (χ0n) is 10.5. The first-order chi connectivity index (χ1) is 8.27. The van der Waals surface area contributed by atoms with Crippen LogP contribution in [0, 0.1) is 5.92 Å². The minimum Gasteiger partial charge on any atom is -0.466 e. The van der Waals surface area contributed by atoms with Gasteiger partial charge in [0.05, 0.1) is 25.7 Å². The number of carbonyl (C=O) groups is 1. The smallest absolute Gasteiger partial charge is 0.310 e. The van der Waals surface area contributed by atoms with Gasteiger partial charge in [0.1, 0.15) is 0 Å². The van der Waals surface area contributed by atoms with E-state index in [1.807, 2.05) is 6.92 Å². The standard InChI is InChI=1S/C12H22ClNO3/c1-2-17-12(15)11-4-3-6-14(10-11)7-9-16-8-5-13/h11H,2-10H2,1H3. The summed E-state index contributed by atoms with van der Waals surface area (Å²) < 4.78 is 10.4. The van der Waals surface area contributed by atoms with E-state index >= 15 is 0 Å². The van der Waals surface area contributed by atoms with E-state index < -0.39 is 0 Å². The minimum absolute atomic E-state index is 0.0386. The van der Waals surface area contributed by atoms with Crippen molar-refractivity contribution in [3.05, 3.63) is 0 Å². The Morgan fingerprint density at radius 3 is 3.00 bits per heavy atom. The van der Waals surface area contributed by atoms with Crippen molar-refractivity contribution in [2.24, 2.45) is 5.92 Å². The van der Waals surface area contributed by atoms with Crippen LogP contribution in [0.5, 0.6) is 0 Å². The Morgan fingerprint density at radius 1 is 1.47 bits per heavy atom. The van der Waals surface area contributed by atoms with Crippen LogP contribution in [0.3, 0.4) is 0 Å². The number of carbonyl (C=O) groups excluding carboxylic acids is 1. The highest BCUT2D eigenvalue weighted by molar-refractivity contribution is 6.17. The van der Waals surface area contributed by atoms with Gasteiger partial charge in [0.25, 0.3) is 0 Å². The molecule has 0 aromatic carbocycles. The van der Waals surface area contributed by atoms with Crippen LogP contribution in [-0.2, 0) is 14.3 Å². The lowest BCUT2D eigenvalue weighted by atomic mass is 9.98. The summed E-state index contributed by atoms with van der Waals surface area (Å²) in [6.45, 7) is 6.29. The van der Waals surface area contributed by atoms with E-state index in [0.717, 1.165) is 32.5 Å². The number of piperidine rings is 1. The topological polar surface area (TPSA) is 38.8 Å². The fraction of sp³-hybridized carbons (Fsp3) is 0.917. The van der Waals surface area contributed by atoms with Crippen LogP contribution in [-0.4, -0.2) is 56.2 Å². The highest BCUT2D eigenvalue weighted by Gasteiger charge is 2.26. The van der Waals surface area contributed by atoms with Crippen molar-refractivity contribution in [3.8, 4) is 0 Å². The van der Waals surface area contributed by atoms with Crippen molar-refractivity contribution in [1.29, 1.82) is 0 Å². The Morgan fingerprint density at radius 2 is 2.29 bits per heavy atom. The fourth-order valence-electron chi connectivity index (χ4n) is 2.06. The Balaban J connectivity index is 2.21.